The summed E-state index contributed by atoms with van der Waals surface area (Å²) < 4.78 is 27.0. The van der Waals surface area contributed by atoms with E-state index in [4.69, 9.17) is 0 Å². The maximum absolute atomic E-state index is 12.8. The number of aryl methyl sites for hydroxylation is 1. The van der Waals surface area contributed by atoms with E-state index in [1.165, 1.54) is 21.6 Å². The molecule has 26 heavy (non-hydrogen) atoms. The van der Waals surface area contributed by atoms with Crippen LogP contribution in [0.15, 0.2) is 60.7 Å². The minimum Gasteiger partial charge on any atom is -0.285 e. The van der Waals surface area contributed by atoms with Gasteiger partial charge in [-0.15, -0.1) is 0 Å². The van der Waals surface area contributed by atoms with Crippen LogP contribution in [0.1, 0.15) is 24.0 Å². The second kappa shape index (κ2) is 8.84. The molecule has 2 aromatic rings. The summed E-state index contributed by atoms with van der Waals surface area (Å²) in [6.07, 6.45) is 2.16. The van der Waals surface area contributed by atoms with Crippen molar-refractivity contribution in [2.75, 3.05) is 12.3 Å². The Labute approximate surface area is 159 Å². The number of nitrogens with zero attached hydrogens (tertiary/aromatic N) is 1. The van der Waals surface area contributed by atoms with Crippen LogP contribution >= 0.6 is 11.8 Å². The van der Waals surface area contributed by atoms with Crippen molar-refractivity contribution in [3.05, 3.63) is 71.8 Å². The van der Waals surface area contributed by atoms with Crippen LogP contribution in [0.2, 0.25) is 0 Å². The molecule has 138 valence electrons. The average molecular weight is 390 g/mol. The second-order valence-corrected chi connectivity index (χ2v) is 9.43. The van der Waals surface area contributed by atoms with Crippen molar-refractivity contribution in [3.63, 3.8) is 0 Å². The third-order valence-electron chi connectivity index (χ3n) is 4.50. The van der Waals surface area contributed by atoms with Crippen molar-refractivity contribution in [2.45, 2.75) is 31.1 Å². The van der Waals surface area contributed by atoms with E-state index < -0.39 is 16.1 Å². The van der Waals surface area contributed by atoms with Gasteiger partial charge in [-0.2, -0.15) is 4.31 Å². The maximum atomic E-state index is 12.8. The molecular formula is C20H23NO3S2. The number of hydrogen-bond donors (Lipinski definition) is 0. The van der Waals surface area contributed by atoms with Crippen molar-refractivity contribution in [3.8, 4) is 0 Å². The van der Waals surface area contributed by atoms with E-state index in [9.17, 15) is 13.2 Å². The minimum absolute atomic E-state index is 0.0323. The SMILES string of the molecule is O=C(SCCc1ccccc1)[C@@H]1CCCN1S(=O)(=O)Cc1ccccc1. The number of thioether (sulfide) groups is 1. The molecule has 3 rings (SSSR count). The highest BCUT2D eigenvalue weighted by molar-refractivity contribution is 8.13. The molecule has 0 radical (unpaired) electrons. The van der Waals surface area contributed by atoms with E-state index in [0.717, 1.165) is 18.4 Å². The topological polar surface area (TPSA) is 54.5 Å². The average Bonchev–Trinajstić information content (AvgIpc) is 3.14. The Hall–Kier alpha value is -1.63. The van der Waals surface area contributed by atoms with Gasteiger partial charge >= 0.3 is 0 Å². The number of carbonyl (C=O) groups is 1. The molecule has 0 saturated carbocycles. The van der Waals surface area contributed by atoms with Gasteiger partial charge in [0.15, 0.2) is 0 Å². The summed E-state index contributed by atoms with van der Waals surface area (Å²) in [5.74, 6) is 0.623. The molecule has 0 spiro atoms. The highest BCUT2D eigenvalue weighted by Gasteiger charge is 2.38. The normalized spacial score (nSPS) is 18.1. The lowest BCUT2D eigenvalue weighted by molar-refractivity contribution is -0.113. The van der Waals surface area contributed by atoms with Gasteiger partial charge < -0.3 is 0 Å². The predicted molar refractivity (Wildman–Crippen MR) is 106 cm³/mol. The van der Waals surface area contributed by atoms with Crippen LogP contribution in [0, 0.1) is 0 Å². The molecule has 1 aliphatic heterocycles. The fourth-order valence-electron chi connectivity index (χ4n) is 3.19. The molecule has 0 aromatic heterocycles. The monoisotopic (exact) mass is 389 g/mol. The lowest BCUT2D eigenvalue weighted by atomic mass is 10.2. The van der Waals surface area contributed by atoms with Gasteiger partial charge in [-0.3, -0.25) is 4.79 Å². The van der Waals surface area contributed by atoms with E-state index >= 15 is 0 Å². The lowest BCUT2D eigenvalue weighted by Crippen LogP contribution is -2.40. The van der Waals surface area contributed by atoms with Crippen LogP contribution in [-0.4, -0.2) is 36.2 Å². The van der Waals surface area contributed by atoms with Crippen LogP contribution in [0.4, 0.5) is 0 Å². The summed E-state index contributed by atoms with van der Waals surface area (Å²) in [6.45, 7) is 0.435. The van der Waals surface area contributed by atoms with Crippen LogP contribution in [0.3, 0.4) is 0 Å². The Kier molecular flexibility index (Phi) is 6.51. The first-order valence-corrected chi connectivity index (χ1v) is 11.4. The minimum atomic E-state index is -3.49. The summed E-state index contributed by atoms with van der Waals surface area (Å²) in [5.41, 5.74) is 1.94. The molecule has 0 unspecified atom stereocenters. The van der Waals surface area contributed by atoms with Crippen LogP contribution in [0.25, 0.3) is 0 Å². The van der Waals surface area contributed by atoms with Crippen molar-refractivity contribution >= 4 is 26.9 Å². The number of benzene rings is 2. The summed E-state index contributed by atoms with van der Waals surface area (Å²) in [7, 11) is -3.49. The van der Waals surface area contributed by atoms with Gasteiger partial charge in [0.1, 0.15) is 0 Å². The largest absolute Gasteiger partial charge is 0.285 e. The molecule has 0 bridgehead atoms. The first-order valence-electron chi connectivity index (χ1n) is 8.80. The molecular weight excluding hydrogens is 366 g/mol. The molecule has 1 saturated heterocycles. The molecule has 6 heteroatoms. The van der Waals surface area contributed by atoms with Gasteiger partial charge in [-0.05, 0) is 30.4 Å². The Morgan fingerprint density at radius 2 is 1.62 bits per heavy atom. The van der Waals surface area contributed by atoms with E-state index in [-0.39, 0.29) is 10.9 Å². The van der Waals surface area contributed by atoms with E-state index in [0.29, 0.717) is 18.7 Å². The Balaban J connectivity index is 1.59. The number of hydrogen-bond acceptors (Lipinski definition) is 4. The van der Waals surface area contributed by atoms with Crippen LogP contribution < -0.4 is 0 Å². The Morgan fingerprint density at radius 1 is 1.00 bits per heavy atom. The zero-order valence-corrected chi connectivity index (χ0v) is 16.2. The smallest absolute Gasteiger partial charge is 0.218 e. The predicted octanol–water partition coefficient (Wildman–Crippen LogP) is 3.48. The van der Waals surface area contributed by atoms with Crippen molar-refractivity contribution < 1.29 is 13.2 Å². The number of rotatable bonds is 7. The fourth-order valence-corrected chi connectivity index (χ4v) is 6.01. The highest BCUT2D eigenvalue weighted by Crippen LogP contribution is 2.27. The molecule has 4 nitrogen and oxygen atoms in total. The van der Waals surface area contributed by atoms with Gasteiger partial charge in [-0.1, -0.05) is 72.4 Å². The number of sulfonamides is 1. The van der Waals surface area contributed by atoms with E-state index in [2.05, 4.69) is 0 Å². The molecule has 0 amide bonds. The highest BCUT2D eigenvalue weighted by atomic mass is 32.2. The lowest BCUT2D eigenvalue weighted by Gasteiger charge is -2.22. The van der Waals surface area contributed by atoms with Gasteiger partial charge in [-0.25, -0.2) is 8.42 Å². The molecule has 0 N–H and O–H groups in total. The second-order valence-electron chi connectivity index (χ2n) is 6.41. The Bertz CT molecular complexity index is 823. The molecule has 2 aromatic carbocycles. The first-order chi connectivity index (χ1) is 12.6. The molecule has 0 aliphatic carbocycles. The van der Waals surface area contributed by atoms with Gasteiger partial charge in [0, 0.05) is 12.3 Å². The van der Waals surface area contributed by atoms with Crippen molar-refractivity contribution in [1.29, 1.82) is 0 Å². The summed E-state index contributed by atoms with van der Waals surface area (Å²) in [4.78, 5) is 12.6. The molecule has 1 aliphatic rings. The molecule has 1 heterocycles. The van der Waals surface area contributed by atoms with Gasteiger partial charge in [0.05, 0.1) is 11.8 Å². The standard InChI is InChI=1S/C20H23NO3S2/c22-20(25-15-13-17-8-3-1-4-9-17)19-12-7-14-21(19)26(23,24)16-18-10-5-2-6-11-18/h1-6,8-11,19H,7,12-16H2/t19-/m0/s1. The number of carbonyl (C=O) groups excluding carboxylic acids is 1. The quantitative estimate of drug-likeness (QED) is 0.727. The summed E-state index contributed by atoms with van der Waals surface area (Å²) >= 11 is 1.25. The summed E-state index contributed by atoms with van der Waals surface area (Å²) in [6, 6.07) is 18.6. The molecule has 1 atom stereocenters. The summed E-state index contributed by atoms with van der Waals surface area (Å²) in [5, 5.41) is -0.0323. The molecule has 1 fully saturated rings. The van der Waals surface area contributed by atoms with Crippen LogP contribution in [0.5, 0.6) is 0 Å². The zero-order valence-electron chi connectivity index (χ0n) is 14.6. The van der Waals surface area contributed by atoms with Crippen molar-refractivity contribution in [2.24, 2.45) is 0 Å². The fraction of sp³-hybridized carbons (Fsp3) is 0.350. The third-order valence-corrected chi connectivity index (χ3v) is 7.32. The van der Waals surface area contributed by atoms with Gasteiger partial charge in [0.25, 0.3) is 0 Å². The zero-order chi connectivity index (χ0) is 18.4. The first kappa shape index (κ1) is 19.1. The van der Waals surface area contributed by atoms with Crippen molar-refractivity contribution in [1.82, 2.24) is 4.31 Å². The van der Waals surface area contributed by atoms with E-state index in [1.54, 1.807) is 12.1 Å². The third kappa shape index (κ3) is 4.96. The van der Waals surface area contributed by atoms with E-state index in [1.807, 2.05) is 48.5 Å². The van der Waals surface area contributed by atoms with Crippen LogP contribution in [-0.2, 0) is 27.0 Å². The maximum Gasteiger partial charge on any atom is 0.218 e. The van der Waals surface area contributed by atoms with Gasteiger partial charge in [0.2, 0.25) is 15.1 Å². The Morgan fingerprint density at radius 3 is 2.27 bits per heavy atom.